The number of carbonyl (C=O) groups is 4. The predicted octanol–water partition coefficient (Wildman–Crippen LogP) is 1.77. The van der Waals surface area contributed by atoms with E-state index < -0.39 is 11.8 Å². The minimum absolute atomic E-state index is 0.00996. The third kappa shape index (κ3) is 3.43. The number of likely N-dealkylation sites (tertiary alicyclic amines) is 1. The number of rotatable bonds is 4. The summed E-state index contributed by atoms with van der Waals surface area (Å²) in [6.07, 6.45) is 1.29. The molecule has 4 amide bonds. The van der Waals surface area contributed by atoms with Gasteiger partial charge < -0.3 is 10.2 Å². The Bertz CT molecular complexity index is 898. The number of nitrogens with zero attached hydrogens (tertiary/aromatic N) is 2. The van der Waals surface area contributed by atoms with Crippen molar-refractivity contribution in [3.63, 3.8) is 0 Å². The molecule has 1 saturated heterocycles. The van der Waals surface area contributed by atoms with Crippen molar-refractivity contribution in [2.75, 3.05) is 19.6 Å². The standard InChI is InChI=1S/C20H19N3O4S/c24-17(11-23-19(26)15-3-1-2-4-16(15)20(23)27)22-8-5-14(6-9-22)21-18(25)13-7-10-28-12-13/h1-4,7,10,12,14H,5-6,8-9,11H2,(H,21,25). The summed E-state index contributed by atoms with van der Waals surface area (Å²) in [5, 5.41) is 6.65. The van der Waals surface area contributed by atoms with E-state index in [9.17, 15) is 19.2 Å². The average Bonchev–Trinajstić information content (AvgIpc) is 3.33. The fourth-order valence-electron chi connectivity index (χ4n) is 3.55. The first-order valence-corrected chi connectivity index (χ1v) is 10.0. The third-order valence-corrected chi connectivity index (χ3v) is 5.82. The molecular formula is C20H19N3O4S. The summed E-state index contributed by atoms with van der Waals surface area (Å²) in [7, 11) is 0. The fourth-order valence-corrected chi connectivity index (χ4v) is 4.19. The molecular weight excluding hydrogens is 378 g/mol. The predicted molar refractivity (Wildman–Crippen MR) is 103 cm³/mol. The van der Waals surface area contributed by atoms with Gasteiger partial charge in [-0.25, -0.2) is 0 Å². The molecule has 2 aliphatic heterocycles. The van der Waals surface area contributed by atoms with Gasteiger partial charge in [-0.2, -0.15) is 11.3 Å². The molecule has 1 fully saturated rings. The van der Waals surface area contributed by atoms with E-state index in [1.165, 1.54) is 11.3 Å². The number of hydrogen-bond acceptors (Lipinski definition) is 5. The molecule has 1 aromatic heterocycles. The van der Waals surface area contributed by atoms with E-state index in [2.05, 4.69) is 5.32 Å². The van der Waals surface area contributed by atoms with Crippen molar-refractivity contribution in [1.82, 2.24) is 15.1 Å². The largest absolute Gasteiger partial charge is 0.349 e. The molecule has 0 unspecified atom stereocenters. The van der Waals surface area contributed by atoms with Crippen LogP contribution in [0.5, 0.6) is 0 Å². The Balaban J connectivity index is 1.31. The van der Waals surface area contributed by atoms with Crippen molar-refractivity contribution in [1.29, 1.82) is 0 Å². The van der Waals surface area contributed by atoms with Crippen LogP contribution in [0, 0.1) is 0 Å². The summed E-state index contributed by atoms with van der Waals surface area (Å²) in [5.41, 5.74) is 1.33. The second-order valence-electron chi connectivity index (χ2n) is 6.88. The maximum atomic E-state index is 12.6. The zero-order valence-corrected chi connectivity index (χ0v) is 15.9. The highest BCUT2D eigenvalue weighted by Gasteiger charge is 2.37. The molecule has 0 atom stereocenters. The molecule has 0 spiro atoms. The first-order chi connectivity index (χ1) is 13.5. The molecule has 0 saturated carbocycles. The number of fused-ring (bicyclic) bond motifs is 1. The molecule has 2 aromatic rings. The Kier molecular flexibility index (Phi) is 4.95. The van der Waals surface area contributed by atoms with Gasteiger partial charge in [-0.05, 0) is 36.4 Å². The molecule has 3 heterocycles. The van der Waals surface area contributed by atoms with Gasteiger partial charge in [-0.3, -0.25) is 24.1 Å². The Morgan fingerprint density at radius 3 is 2.25 bits per heavy atom. The van der Waals surface area contributed by atoms with E-state index in [0.717, 1.165) is 4.90 Å². The Labute approximate surface area is 165 Å². The highest BCUT2D eigenvalue weighted by atomic mass is 32.1. The zero-order chi connectivity index (χ0) is 19.7. The Morgan fingerprint density at radius 1 is 1.04 bits per heavy atom. The summed E-state index contributed by atoms with van der Waals surface area (Å²) in [6.45, 7) is 0.714. The molecule has 0 aliphatic carbocycles. The van der Waals surface area contributed by atoms with Gasteiger partial charge in [0.25, 0.3) is 17.7 Å². The van der Waals surface area contributed by atoms with Crippen LogP contribution in [0.3, 0.4) is 0 Å². The molecule has 0 bridgehead atoms. The molecule has 8 heteroatoms. The SMILES string of the molecule is O=C(NC1CCN(C(=O)CN2C(=O)c3ccccc3C2=O)CC1)c1ccsc1. The molecule has 1 N–H and O–H groups in total. The van der Waals surface area contributed by atoms with Gasteiger partial charge in [-0.15, -0.1) is 0 Å². The van der Waals surface area contributed by atoms with Crippen LogP contribution in [-0.4, -0.2) is 59.1 Å². The summed E-state index contributed by atoms with van der Waals surface area (Å²) in [6, 6.07) is 8.38. The van der Waals surface area contributed by atoms with Crippen LogP contribution in [0.2, 0.25) is 0 Å². The van der Waals surface area contributed by atoms with Crippen LogP contribution >= 0.6 is 11.3 Å². The number of piperidine rings is 1. The van der Waals surface area contributed by atoms with E-state index in [4.69, 9.17) is 0 Å². The van der Waals surface area contributed by atoms with E-state index in [1.54, 1.807) is 40.6 Å². The lowest BCUT2D eigenvalue weighted by atomic mass is 10.0. The van der Waals surface area contributed by atoms with Gasteiger partial charge in [0.1, 0.15) is 6.54 Å². The number of imide groups is 1. The van der Waals surface area contributed by atoms with Gasteiger partial charge in [-0.1, -0.05) is 12.1 Å². The molecule has 28 heavy (non-hydrogen) atoms. The average molecular weight is 397 g/mol. The first kappa shape index (κ1) is 18.4. The van der Waals surface area contributed by atoms with Crippen LogP contribution in [-0.2, 0) is 4.79 Å². The van der Waals surface area contributed by atoms with E-state index >= 15 is 0 Å². The number of hydrogen-bond donors (Lipinski definition) is 1. The summed E-state index contributed by atoms with van der Waals surface area (Å²) < 4.78 is 0. The van der Waals surface area contributed by atoms with Crippen LogP contribution in [0.4, 0.5) is 0 Å². The normalized spacial score (nSPS) is 17.0. The van der Waals surface area contributed by atoms with Gasteiger partial charge in [0, 0.05) is 30.1 Å². The lowest BCUT2D eigenvalue weighted by Crippen LogP contribution is -2.49. The van der Waals surface area contributed by atoms with E-state index in [-0.39, 0.29) is 24.4 Å². The quantitative estimate of drug-likeness (QED) is 0.797. The van der Waals surface area contributed by atoms with Gasteiger partial charge in [0.05, 0.1) is 11.1 Å². The number of amides is 4. The Hall–Kier alpha value is -3.00. The number of carbonyl (C=O) groups excluding carboxylic acids is 4. The van der Waals surface area contributed by atoms with Gasteiger partial charge in [0.15, 0.2) is 0 Å². The van der Waals surface area contributed by atoms with Crippen LogP contribution in [0.25, 0.3) is 0 Å². The summed E-state index contributed by atoms with van der Waals surface area (Å²) in [5.74, 6) is -1.20. The molecule has 7 nitrogen and oxygen atoms in total. The molecule has 0 radical (unpaired) electrons. The van der Waals surface area contributed by atoms with Crippen molar-refractivity contribution >= 4 is 35.0 Å². The van der Waals surface area contributed by atoms with Crippen LogP contribution in [0.1, 0.15) is 43.9 Å². The van der Waals surface area contributed by atoms with Gasteiger partial charge in [0.2, 0.25) is 5.91 Å². The maximum Gasteiger partial charge on any atom is 0.262 e. The van der Waals surface area contributed by atoms with Gasteiger partial charge >= 0.3 is 0 Å². The van der Waals surface area contributed by atoms with Crippen molar-refractivity contribution < 1.29 is 19.2 Å². The lowest BCUT2D eigenvalue weighted by Gasteiger charge is -2.33. The zero-order valence-electron chi connectivity index (χ0n) is 15.1. The molecule has 2 aliphatic rings. The minimum atomic E-state index is -0.424. The maximum absolute atomic E-state index is 12.6. The van der Waals surface area contributed by atoms with Crippen molar-refractivity contribution in [3.05, 3.63) is 57.8 Å². The Morgan fingerprint density at radius 2 is 1.68 bits per heavy atom. The van der Waals surface area contributed by atoms with Crippen molar-refractivity contribution in [2.45, 2.75) is 18.9 Å². The number of benzene rings is 1. The number of nitrogens with one attached hydrogen (secondary N) is 1. The highest BCUT2D eigenvalue weighted by molar-refractivity contribution is 7.08. The van der Waals surface area contributed by atoms with Crippen LogP contribution in [0.15, 0.2) is 41.1 Å². The van der Waals surface area contributed by atoms with E-state index in [0.29, 0.717) is 42.6 Å². The number of thiophene rings is 1. The minimum Gasteiger partial charge on any atom is -0.349 e. The smallest absolute Gasteiger partial charge is 0.262 e. The second-order valence-corrected chi connectivity index (χ2v) is 7.66. The summed E-state index contributed by atoms with van der Waals surface area (Å²) in [4.78, 5) is 52.2. The highest BCUT2D eigenvalue weighted by Crippen LogP contribution is 2.22. The first-order valence-electron chi connectivity index (χ1n) is 9.10. The topological polar surface area (TPSA) is 86.8 Å². The van der Waals surface area contributed by atoms with E-state index in [1.807, 2.05) is 5.38 Å². The monoisotopic (exact) mass is 397 g/mol. The third-order valence-electron chi connectivity index (χ3n) is 5.14. The fraction of sp³-hybridized carbons (Fsp3) is 0.300. The van der Waals surface area contributed by atoms with Crippen molar-refractivity contribution in [3.8, 4) is 0 Å². The lowest BCUT2D eigenvalue weighted by molar-refractivity contribution is -0.132. The van der Waals surface area contributed by atoms with Crippen molar-refractivity contribution in [2.24, 2.45) is 0 Å². The molecule has 1 aromatic carbocycles. The second kappa shape index (κ2) is 7.55. The molecule has 144 valence electrons. The van der Waals surface area contributed by atoms with Crippen LogP contribution < -0.4 is 5.32 Å². The summed E-state index contributed by atoms with van der Waals surface area (Å²) >= 11 is 1.47. The molecule has 4 rings (SSSR count).